The topological polar surface area (TPSA) is 59.8 Å². The lowest BCUT2D eigenvalue weighted by Crippen LogP contribution is -2.28. The summed E-state index contributed by atoms with van der Waals surface area (Å²) in [6.07, 6.45) is 0. The fourth-order valence-electron chi connectivity index (χ4n) is 2.73. The summed E-state index contributed by atoms with van der Waals surface area (Å²) in [5.41, 5.74) is 1.41. The Bertz CT molecular complexity index is 1010. The second-order valence-electron chi connectivity index (χ2n) is 6.32. The average Bonchev–Trinajstić information content (AvgIpc) is 3.12. The molecular weight excluding hydrogens is 434 g/mol. The fraction of sp³-hybridized carbons (Fsp3) is 0.250. The number of carbonyl (C=O) groups is 1. The highest BCUT2D eigenvalue weighted by Gasteiger charge is 2.20. The van der Waals surface area contributed by atoms with E-state index in [1.807, 2.05) is 18.4 Å². The summed E-state index contributed by atoms with van der Waals surface area (Å²) in [5.74, 6) is 0.761. The summed E-state index contributed by atoms with van der Waals surface area (Å²) in [6, 6.07) is 10.7. The summed E-state index contributed by atoms with van der Waals surface area (Å²) in [5, 5.41) is 12.9. The lowest BCUT2D eigenvalue weighted by atomic mass is 10.2. The highest BCUT2D eigenvalue weighted by Crippen LogP contribution is 2.25. The van der Waals surface area contributed by atoms with Gasteiger partial charge in [0.1, 0.15) is 5.82 Å². The first-order chi connectivity index (χ1) is 13.9. The third-order valence-corrected chi connectivity index (χ3v) is 6.04. The second kappa shape index (κ2) is 9.61. The van der Waals surface area contributed by atoms with E-state index in [4.69, 9.17) is 23.2 Å². The number of thioether (sulfide) groups is 1. The molecule has 0 fully saturated rings. The minimum absolute atomic E-state index is 0.260. The van der Waals surface area contributed by atoms with E-state index >= 15 is 0 Å². The van der Waals surface area contributed by atoms with E-state index in [-0.39, 0.29) is 17.8 Å². The van der Waals surface area contributed by atoms with Crippen LogP contribution in [0, 0.1) is 5.82 Å². The van der Waals surface area contributed by atoms with E-state index in [9.17, 15) is 9.18 Å². The molecule has 0 aliphatic heterocycles. The van der Waals surface area contributed by atoms with Gasteiger partial charge >= 0.3 is 0 Å². The average molecular weight is 453 g/mol. The number of nitrogens with one attached hydrogen (secondary N) is 1. The number of carbonyl (C=O) groups excluding carboxylic acids is 1. The molecule has 29 heavy (non-hydrogen) atoms. The van der Waals surface area contributed by atoms with E-state index in [2.05, 4.69) is 15.5 Å². The molecule has 0 radical (unpaired) electrons. The molecule has 0 saturated heterocycles. The molecule has 3 rings (SSSR count). The lowest BCUT2D eigenvalue weighted by molar-refractivity contribution is 0.0937. The molecule has 9 heteroatoms. The molecule has 1 aromatic heterocycles. The molecule has 1 heterocycles. The number of benzene rings is 2. The highest BCUT2D eigenvalue weighted by atomic mass is 35.5. The Morgan fingerprint density at radius 1 is 1.17 bits per heavy atom. The molecule has 3 aromatic rings. The van der Waals surface area contributed by atoms with Crippen molar-refractivity contribution in [2.75, 3.05) is 0 Å². The van der Waals surface area contributed by atoms with Crippen LogP contribution in [-0.4, -0.2) is 20.7 Å². The van der Waals surface area contributed by atoms with Gasteiger partial charge in [0, 0.05) is 17.9 Å². The number of hydrogen-bond donors (Lipinski definition) is 1. The third-order valence-electron chi connectivity index (χ3n) is 4.26. The van der Waals surface area contributed by atoms with Crippen LogP contribution in [0.5, 0.6) is 0 Å². The van der Waals surface area contributed by atoms with Crippen LogP contribution in [0.3, 0.4) is 0 Å². The van der Waals surface area contributed by atoms with Crippen LogP contribution < -0.4 is 5.32 Å². The van der Waals surface area contributed by atoms with Gasteiger partial charge in [0.2, 0.25) is 0 Å². The van der Waals surface area contributed by atoms with E-state index in [1.54, 1.807) is 24.3 Å². The maximum atomic E-state index is 13.0. The normalized spacial score (nSPS) is 12.0. The molecule has 152 valence electrons. The van der Waals surface area contributed by atoms with Crippen LogP contribution >= 0.6 is 35.0 Å². The van der Waals surface area contributed by atoms with Crippen molar-refractivity contribution in [3.8, 4) is 0 Å². The van der Waals surface area contributed by atoms with Crippen LogP contribution in [0.25, 0.3) is 0 Å². The van der Waals surface area contributed by atoms with Crippen molar-refractivity contribution in [3.05, 3.63) is 75.3 Å². The monoisotopic (exact) mass is 452 g/mol. The summed E-state index contributed by atoms with van der Waals surface area (Å²) < 4.78 is 15.0. The quantitative estimate of drug-likeness (QED) is 0.478. The van der Waals surface area contributed by atoms with Crippen molar-refractivity contribution in [1.82, 2.24) is 20.1 Å². The number of aromatic nitrogens is 3. The van der Waals surface area contributed by atoms with Crippen molar-refractivity contribution >= 4 is 40.9 Å². The van der Waals surface area contributed by atoms with Gasteiger partial charge in [-0.3, -0.25) is 4.79 Å². The van der Waals surface area contributed by atoms with Crippen LogP contribution in [0.4, 0.5) is 4.39 Å². The summed E-state index contributed by atoms with van der Waals surface area (Å²) in [4.78, 5) is 12.5. The molecule has 0 aliphatic rings. The van der Waals surface area contributed by atoms with Crippen molar-refractivity contribution in [2.45, 2.75) is 37.3 Å². The van der Waals surface area contributed by atoms with E-state index < -0.39 is 0 Å². The van der Waals surface area contributed by atoms with Gasteiger partial charge in [0.15, 0.2) is 11.0 Å². The van der Waals surface area contributed by atoms with Crippen molar-refractivity contribution in [1.29, 1.82) is 0 Å². The number of rotatable bonds is 7. The first kappa shape index (κ1) is 21.6. The summed E-state index contributed by atoms with van der Waals surface area (Å²) in [7, 11) is 0. The Morgan fingerprint density at radius 2 is 1.90 bits per heavy atom. The van der Waals surface area contributed by atoms with Crippen molar-refractivity contribution in [2.24, 2.45) is 0 Å². The lowest BCUT2D eigenvalue weighted by Gasteiger charge is -2.15. The van der Waals surface area contributed by atoms with Crippen molar-refractivity contribution in [3.63, 3.8) is 0 Å². The number of hydrogen-bond acceptors (Lipinski definition) is 4. The van der Waals surface area contributed by atoms with Gasteiger partial charge < -0.3 is 9.88 Å². The summed E-state index contributed by atoms with van der Waals surface area (Å²) in [6.45, 7) is 4.49. The largest absolute Gasteiger partial charge is 0.342 e. The van der Waals surface area contributed by atoms with E-state index in [0.29, 0.717) is 33.7 Å². The number of nitrogens with zero attached hydrogens (tertiary/aromatic N) is 3. The predicted octanol–water partition coefficient (Wildman–Crippen LogP) is 5.53. The zero-order valence-electron chi connectivity index (χ0n) is 15.8. The second-order valence-corrected chi connectivity index (χ2v) is 8.08. The minimum atomic E-state index is -0.357. The molecular formula is C20H19Cl2FN4OS. The highest BCUT2D eigenvalue weighted by molar-refractivity contribution is 7.98. The van der Waals surface area contributed by atoms with Crippen LogP contribution in [0.1, 0.15) is 41.6 Å². The zero-order chi connectivity index (χ0) is 21.0. The van der Waals surface area contributed by atoms with Crippen LogP contribution in [0.15, 0.2) is 47.6 Å². The van der Waals surface area contributed by atoms with E-state index in [1.165, 1.54) is 30.0 Å². The Labute approximate surface area is 182 Å². The van der Waals surface area contributed by atoms with Gasteiger partial charge in [0.05, 0.1) is 16.1 Å². The van der Waals surface area contributed by atoms with Crippen LogP contribution in [-0.2, 0) is 12.3 Å². The molecule has 0 bridgehead atoms. The molecule has 5 nitrogen and oxygen atoms in total. The molecule has 0 saturated carbocycles. The molecule has 1 atom stereocenters. The maximum Gasteiger partial charge on any atom is 0.251 e. The smallest absolute Gasteiger partial charge is 0.251 e. The van der Waals surface area contributed by atoms with Gasteiger partial charge in [-0.25, -0.2) is 4.39 Å². The molecule has 1 N–H and O–H groups in total. The SMILES string of the molecule is CCn1c(SCc2ccc(F)cc2)nnc1C(C)NC(=O)c1ccc(Cl)c(Cl)c1. The molecule has 0 spiro atoms. The minimum Gasteiger partial charge on any atom is -0.342 e. The third kappa shape index (κ3) is 5.29. The van der Waals surface area contributed by atoms with Gasteiger partial charge in [-0.15, -0.1) is 10.2 Å². The predicted molar refractivity (Wildman–Crippen MR) is 114 cm³/mol. The molecule has 1 amide bonds. The number of amides is 1. The van der Waals surface area contributed by atoms with Gasteiger partial charge in [-0.2, -0.15) is 0 Å². The molecule has 2 aromatic carbocycles. The van der Waals surface area contributed by atoms with E-state index in [0.717, 1.165) is 10.7 Å². The van der Waals surface area contributed by atoms with Gasteiger partial charge in [0.25, 0.3) is 5.91 Å². The fourth-order valence-corrected chi connectivity index (χ4v) is 4.00. The zero-order valence-corrected chi connectivity index (χ0v) is 18.2. The number of halogens is 3. The molecule has 0 aliphatic carbocycles. The maximum absolute atomic E-state index is 13.0. The van der Waals surface area contributed by atoms with Crippen LogP contribution in [0.2, 0.25) is 10.0 Å². The van der Waals surface area contributed by atoms with Crippen molar-refractivity contribution < 1.29 is 9.18 Å². The first-order valence-electron chi connectivity index (χ1n) is 8.95. The van der Waals surface area contributed by atoms with Gasteiger partial charge in [-0.05, 0) is 49.7 Å². The Morgan fingerprint density at radius 3 is 2.55 bits per heavy atom. The summed E-state index contributed by atoms with van der Waals surface area (Å²) >= 11 is 13.4. The standard InChI is InChI=1S/C20H19Cl2FN4OS/c1-3-27-18(12(2)24-19(28)14-6-9-16(21)17(22)10-14)25-26-20(27)29-11-13-4-7-15(23)8-5-13/h4-10,12H,3,11H2,1-2H3,(H,24,28). The van der Waals surface area contributed by atoms with Gasteiger partial charge in [-0.1, -0.05) is 47.1 Å². The Balaban J connectivity index is 1.70. The molecule has 1 unspecified atom stereocenters. The Kier molecular flexibility index (Phi) is 7.16. The first-order valence-corrected chi connectivity index (χ1v) is 10.7. The Hall–Kier alpha value is -2.09.